The molecule has 1 aromatic heterocycles. The number of hydrogen-bond donors (Lipinski definition) is 1. The molecule has 2 aromatic carbocycles. The topological polar surface area (TPSA) is 28.3 Å². The SMILES string of the molecule is Cc1ccc([C@@H]2c3[nH]c4ccccc4c3C[C@@H](C)N2CC(F)(F)F)c(OC(F)F)c1. The van der Waals surface area contributed by atoms with Crippen LogP contribution >= 0.6 is 0 Å². The van der Waals surface area contributed by atoms with Gasteiger partial charge in [-0.2, -0.15) is 22.0 Å². The summed E-state index contributed by atoms with van der Waals surface area (Å²) in [6.45, 7) is -0.793. The second kappa shape index (κ2) is 7.58. The van der Waals surface area contributed by atoms with Crippen LogP contribution in [0.25, 0.3) is 10.9 Å². The highest BCUT2D eigenvalue weighted by atomic mass is 19.4. The molecule has 30 heavy (non-hydrogen) atoms. The first-order valence-electron chi connectivity index (χ1n) is 9.61. The molecule has 0 saturated heterocycles. The van der Waals surface area contributed by atoms with Gasteiger partial charge in [0.25, 0.3) is 0 Å². The second-order valence-corrected chi connectivity index (χ2v) is 7.73. The van der Waals surface area contributed by atoms with Gasteiger partial charge < -0.3 is 9.72 Å². The molecule has 3 nitrogen and oxygen atoms in total. The zero-order valence-electron chi connectivity index (χ0n) is 16.4. The number of ether oxygens (including phenoxy) is 1. The molecule has 0 unspecified atom stereocenters. The highest BCUT2D eigenvalue weighted by Gasteiger charge is 2.42. The van der Waals surface area contributed by atoms with E-state index in [1.54, 1.807) is 26.0 Å². The van der Waals surface area contributed by atoms with Gasteiger partial charge in [-0.1, -0.05) is 30.3 Å². The van der Waals surface area contributed by atoms with Crippen molar-refractivity contribution < 1.29 is 26.7 Å². The first kappa shape index (κ1) is 20.7. The molecule has 1 aliphatic heterocycles. The minimum absolute atomic E-state index is 0.110. The third-order valence-electron chi connectivity index (χ3n) is 5.56. The number of nitrogens with one attached hydrogen (secondary N) is 1. The van der Waals surface area contributed by atoms with Crippen LogP contribution in [0.1, 0.15) is 35.3 Å². The lowest BCUT2D eigenvalue weighted by atomic mass is 9.88. The predicted octanol–water partition coefficient (Wildman–Crippen LogP) is 5.98. The maximum Gasteiger partial charge on any atom is 0.401 e. The van der Waals surface area contributed by atoms with Crippen LogP contribution in [0, 0.1) is 6.92 Å². The minimum atomic E-state index is -4.44. The average Bonchev–Trinajstić information content (AvgIpc) is 3.00. The molecule has 0 spiro atoms. The van der Waals surface area contributed by atoms with Crippen molar-refractivity contribution in [3.8, 4) is 5.75 Å². The Labute approximate surface area is 170 Å². The molecule has 4 rings (SSSR count). The van der Waals surface area contributed by atoms with Gasteiger partial charge in [-0.15, -0.1) is 0 Å². The Bertz CT molecular complexity index is 1060. The number of para-hydroxylation sites is 1. The first-order valence-corrected chi connectivity index (χ1v) is 9.61. The van der Waals surface area contributed by atoms with Crippen LogP contribution in [0.15, 0.2) is 42.5 Å². The lowest BCUT2D eigenvalue weighted by Gasteiger charge is -2.41. The van der Waals surface area contributed by atoms with Gasteiger partial charge in [0.15, 0.2) is 0 Å². The molecule has 0 amide bonds. The summed E-state index contributed by atoms with van der Waals surface area (Å²) in [5.74, 6) is -0.110. The summed E-state index contributed by atoms with van der Waals surface area (Å²) >= 11 is 0. The molecule has 0 bridgehead atoms. The molecular weight excluding hydrogens is 403 g/mol. The van der Waals surface area contributed by atoms with Gasteiger partial charge in [0.05, 0.1) is 12.6 Å². The number of halogens is 5. The van der Waals surface area contributed by atoms with E-state index in [-0.39, 0.29) is 11.3 Å². The zero-order valence-corrected chi connectivity index (χ0v) is 16.4. The molecule has 0 radical (unpaired) electrons. The number of H-pyrrole nitrogens is 1. The van der Waals surface area contributed by atoms with E-state index in [4.69, 9.17) is 4.74 Å². The van der Waals surface area contributed by atoms with Crippen LogP contribution < -0.4 is 4.74 Å². The van der Waals surface area contributed by atoms with E-state index in [9.17, 15) is 22.0 Å². The molecule has 1 N–H and O–H groups in total. The molecule has 160 valence electrons. The molecule has 0 fully saturated rings. The number of alkyl halides is 5. The van der Waals surface area contributed by atoms with Crippen molar-refractivity contribution in [3.63, 3.8) is 0 Å². The van der Waals surface area contributed by atoms with E-state index in [1.807, 2.05) is 24.3 Å². The lowest BCUT2D eigenvalue weighted by molar-refractivity contribution is -0.155. The van der Waals surface area contributed by atoms with Crippen LogP contribution in [0.5, 0.6) is 5.75 Å². The molecule has 1 aliphatic rings. The molecule has 2 heterocycles. The fourth-order valence-corrected chi connectivity index (χ4v) is 4.36. The summed E-state index contributed by atoms with van der Waals surface area (Å²) in [6, 6.07) is 10.8. The predicted molar refractivity (Wildman–Crippen MR) is 104 cm³/mol. The highest BCUT2D eigenvalue weighted by molar-refractivity contribution is 5.85. The smallest absolute Gasteiger partial charge is 0.401 e. The lowest BCUT2D eigenvalue weighted by Crippen LogP contribution is -2.47. The quantitative estimate of drug-likeness (QED) is 0.522. The Morgan fingerprint density at radius 1 is 1.17 bits per heavy atom. The number of hydrogen-bond acceptors (Lipinski definition) is 2. The Kier molecular flexibility index (Phi) is 5.22. The van der Waals surface area contributed by atoms with Gasteiger partial charge in [-0.25, -0.2) is 0 Å². The first-order chi connectivity index (χ1) is 14.1. The summed E-state index contributed by atoms with van der Waals surface area (Å²) in [5.41, 5.74) is 3.26. The van der Waals surface area contributed by atoms with Crippen LogP contribution in [0.2, 0.25) is 0 Å². The van der Waals surface area contributed by atoms with E-state index in [0.717, 1.165) is 16.5 Å². The van der Waals surface area contributed by atoms with Crippen LogP contribution in [0.4, 0.5) is 22.0 Å². The Hall–Kier alpha value is -2.61. The number of aryl methyl sites for hydroxylation is 1. The molecular formula is C22H21F5N2O. The summed E-state index contributed by atoms with van der Waals surface area (Å²) in [4.78, 5) is 4.55. The number of aromatic nitrogens is 1. The van der Waals surface area contributed by atoms with E-state index in [1.165, 1.54) is 11.0 Å². The van der Waals surface area contributed by atoms with Crippen molar-refractivity contribution in [2.75, 3.05) is 6.54 Å². The fourth-order valence-electron chi connectivity index (χ4n) is 4.36. The molecule has 2 atom stereocenters. The van der Waals surface area contributed by atoms with Crippen LogP contribution in [-0.2, 0) is 6.42 Å². The van der Waals surface area contributed by atoms with Gasteiger partial charge in [-0.3, -0.25) is 4.90 Å². The van der Waals surface area contributed by atoms with Gasteiger partial charge in [0.1, 0.15) is 5.75 Å². The summed E-state index contributed by atoms with van der Waals surface area (Å²) in [7, 11) is 0. The Morgan fingerprint density at radius 2 is 1.90 bits per heavy atom. The standard InChI is InChI=1S/C22H21F5N2O/c1-12-7-8-15(18(9-12)30-21(23)24)20-19-16(14-5-3-4-6-17(14)28-19)10-13(2)29(20)11-22(25,26)27/h3-9,13,20-21,28H,10-11H2,1-2H3/t13-,20-/m1/s1. The van der Waals surface area contributed by atoms with Crippen molar-refractivity contribution in [1.82, 2.24) is 9.88 Å². The summed E-state index contributed by atoms with van der Waals surface area (Å²) < 4.78 is 71.3. The number of nitrogens with zero attached hydrogens (tertiary/aromatic N) is 1. The van der Waals surface area contributed by atoms with E-state index in [0.29, 0.717) is 17.7 Å². The van der Waals surface area contributed by atoms with Crippen LogP contribution in [0.3, 0.4) is 0 Å². The minimum Gasteiger partial charge on any atom is -0.434 e. The third-order valence-corrected chi connectivity index (χ3v) is 5.56. The van der Waals surface area contributed by atoms with Gasteiger partial charge in [0.2, 0.25) is 0 Å². The monoisotopic (exact) mass is 424 g/mol. The fraction of sp³-hybridized carbons (Fsp3) is 0.364. The maximum absolute atomic E-state index is 13.5. The molecule has 3 aromatic rings. The number of fused-ring (bicyclic) bond motifs is 3. The Balaban J connectivity index is 1.94. The number of rotatable bonds is 4. The van der Waals surface area contributed by atoms with Crippen LogP contribution in [-0.4, -0.2) is 35.3 Å². The van der Waals surface area contributed by atoms with Gasteiger partial charge >= 0.3 is 12.8 Å². The van der Waals surface area contributed by atoms with Crippen molar-refractivity contribution in [2.24, 2.45) is 0 Å². The van der Waals surface area contributed by atoms with Crippen molar-refractivity contribution >= 4 is 10.9 Å². The normalized spacial score (nSPS) is 20.0. The van der Waals surface area contributed by atoms with Crippen molar-refractivity contribution in [2.45, 2.75) is 45.1 Å². The van der Waals surface area contributed by atoms with Crippen molar-refractivity contribution in [3.05, 3.63) is 64.8 Å². The Morgan fingerprint density at radius 3 is 2.60 bits per heavy atom. The van der Waals surface area contributed by atoms with E-state index < -0.39 is 31.4 Å². The van der Waals surface area contributed by atoms with Gasteiger partial charge in [-0.05, 0) is 43.5 Å². The summed E-state index contributed by atoms with van der Waals surface area (Å²) in [5, 5.41) is 0.930. The third kappa shape index (κ3) is 3.88. The van der Waals surface area contributed by atoms with Crippen molar-refractivity contribution in [1.29, 1.82) is 0 Å². The maximum atomic E-state index is 13.5. The number of benzene rings is 2. The van der Waals surface area contributed by atoms with E-state index in [2.05, 4.69) is 4.98 Å². The number of aromatic amines is 1. The molecule has 0 saturated carbocycles. The summed E-state index contributed by atoms with van der Waals surface area (Å²) in [6.07, 6.45) is -4.02. The second-order valence-electron chi connectivity index (χ2n) is 7.73. The highest BCUT2D eigenvalue weighted by Crippen LogP contribution is 2.44. The zero-order chi connectivity index (χ0) is 21.6. The molecule has 8 heteroatoms. The van der Waals surface area contributed by atoms with E-state index >= 15 is 0 Å². The largest absolute Gasteiger partial charge is 0.434 e. The molecule has 0 aliphatic carbocycles. The average molecular weight is 424 g/mol. The van der Waals surface area contributed by atoms with Gasteiger partial charge in [0, 0.05) is 28.2 Å².